The third-order valence-corrected chi connectivity index (χ3v) is 5.00. The first-order valence-corrected chi connectivity index (χ1v) is 10.4. The van der Waals surface area contributed by atoms with E-state index in [4.69, 9.17) is 9.47 Å². The van der Waals surface area contributed by atoms with Crippen LogP contribution in [0.5, 0.6) is 11.5 Å². The number of carbonyl (C=O) groups is 2. The number of benzene rings is 2. The van der Waals surface area contributed by atoms with E-state index in [2.05, 4.69) is 5.32 Å². The van der Waals surface area contributed by atoms with Gasteiger partial charge in [0, 0.05) is 12.6 Å². The Kier molecular flexibility index (Phi) is 9.19. The molecule has 0 spiro atoms. The summed E-state index contributed by atoms with van der Waals surface area (Å²) in [5, 5.41) is 3.00. The van der Waals surface area contributed by atoms with E-state index in [-0.39, 0.29) is 24.5 Å². The lowest BCUT2D eigenvalue weighted by Gasteiger charge is -2.31. The van der Waals surface area contributed by atoms with Crippen LogP contribution in [0, 0.1) is 0 Å². The molecule has 0 aromatic heterocycles. The second-order valence-electron chi connectivity index (χ2n) is 7.19. The first kappa shape index (κ1) is 23.3. The fourth-order valence-corrected chi connectivity index (χ4v) is 3.10. The van der Waals surface area contributed by atoms with Crippen LogP contribution in [0.2, 0.25) is 0 Å². The molecule has 1 N–H and O–H groups in total. The maximum absolute atomic E-state index is 13.2. The number of methoxy groups -OCH3 is 1. The first-order chi connectivity index (χ1) is 14.5. The van der Waals surface area contributed by atoms with Crippen molar-refractivity contribution in [2.45, 2.75) is 52.2 Å². The molecule has 0 radical (unpaired) electrons. The van der Waals surface area contributed by atoms with Gasteiger partial charge >= 0.3 is 0 Å². The van der Waals surface area contributed by atoms with E-state index >= 15 is 0 Å². The van der Waals surface area contributed by atoms with Gasteiger partial charge in [0.15, 0.2) is 18.1 Å². The molecule has 0 saturated carbocycles. The normalized spacial score (nSPS) is 12.5. The van der Waals surface area contributed by atoms with E-state index in [0.29, 0.717) is 24.5 Å². The molecule has 2 amide bonds. The molecule has 0 bridgehead atoms. The quantitative estimate of drug-likeness (QED) is 0.610. The van der Waals surface area contributed by atoms with Crippen LogP contribution in [0.25, 0.3) is 0 Å². The largest absolute Gasteiger partial charge is 0.493 e. The number of hydrogen-bond acceptors (Lipinski definition) is 4. The van der Waals surface area contributed by atoms with Crippen molar-refractivity contribution < 1.29 is 19.1 Å². The molecule has 2 rings (SSSR count). The van der Waals surface area contributed by atoms with Gasteiger partial charge in [0.2, 0.25) is 5.91 Å². The Morgan fingerprint density at radius 1 is 0.967 bits per heavy atom. The third-order valence-electron chi connectivity index (χ3n) is 5.00. The Morgan fingerprint density at radius 3 is 2.20 bits per heavy atom. The zero-order valence-corrected chi connectivity index (χ0v) is 18.3. The molecule has 0 aliphatic carbocycles. The van der Waals surface area contributed by atoms with E-state index in [1.54, 1.807) is 24.1 Å². The number of amides is 2. The van der Waals surface area contributed by atoms with Crippen molar-refractivity contribution in [2.24, 2.45) is 0 Å². The summed E-state index contributed by atoms with van der Waals surface area (Å²) in [4.78, 5) is 27.6. The molecule has 30 heavy (non-hydrogen) atoms. The van der Waals surface area contributed by atoms with Crippen LogP contribution in [-0.2, 0) is 16.1 Å². The van der Waals surface area contributed by atoms with E-state index in [1.807, 2.05) is 63.2 Å². The molecule has 0 fully saturated rings. The van der Waals surface area contributed by atoms with Gasteiger partial charge in [0.05, 0.1) is 7.11 Å². The summed E-state index contributed by atoms with van der Waals surface area (Å²) in [6.07, 6.45) is 1.33. The Labute approximate surface area is 179 Å². The minimum atomic E-state index is -0.576. The van der Waals surface area contributed by atoms with Gasteiger partial charge in [0.25, 0.3) is 5.91 Å². The predicted octanol–water partition coefficient (Wildman–Crippen LogP) is 3.80. The molecule has 2 atom stereocenters. The molecule has 0 unspecified atom stereocenters. The minimum absolute atomic E-state index is 0.0463. The topological polar surface area (TPSA) is 67.9 Å². The SMILES string of the molecule is CC[C@@H](C)NC(=O)[C@@H](CC)N(Cc1ccccc1)C(=O)COc1ccccc1OC. The molecule has 2 aromatic carbocycles. The van der Waals surface area contributed by atoms with Crippen LogP contribution >= 0.6 is 0 Å². The Morgan fingerprint density at radius 2 is 1.60 bits per heavy atom. The molecule has 0 aliphatic heterocycles. The van der Waals surface area contributed by atoms with Gasteiger partial charge in [-0.1, -0.05) is 56.3 Å². The third kappa shape index (κ3) is 6.51. The summed E-state index contributed by atoms with van der Waals surface area (Å²) in [6.45, 7) is 6.04. The average Bonchev–Trinajstić information content (AvgIpc) is 2.78. The fraction of sp³-hybridized carbons (Fsp3) is 0.417. The molecular formula is C24H32N2O4. The molecule has 162 valence electrons. The van der Waals surface area contributed by atoms with Crippen LogP contribution < -0.4 is 14.8 Å². The highest BCUT2D eigenvalue weighted by Crippen LogP contribution is 2.26. The molecule has 0 saturated heterocycles. The van der Waals surface area contributed by atoms with Gasteiger partial charge in [-0.25, -0.2) is 0 Å². The van der Waals surface area contributed by atoms with E-state index in [1.165, 1.54) is 0 Å². The van der Waals surface area contributed by atoms with E-state index < -0.39 is 6.04 Å². The highest BCUT2D eigenvalue weighted by Gasteiger charge is 2.29. The number of nitrogens with one attached hydrogen (secondary N) is 1. The van der Waals surface area contributed by atoms with Crippen LogP contribution in [0.15, 0.2) is 54.6 Å². The zero-order chi connectivity index (χ0) is 21.9. The van der Waals surface area contributed by atoms with Gasteiger partial charge in [0.1, 0.15) is 6.04 Å². The van der Waals surface area contributed by atoms with Gasteiger partial charge in [-0.3, -0.25) is 9.59 Å². The van der Waals surface area contributed by atoms with E-state index in [9.17, 15) is 9.59 Å². The van der Waals surface area contributed by atoms with E-state index in [0.717, 1.165) is 12.0 Å². The van der Waals surface area contributed by atoms with Crippen LogP contribution in [0.3, 0.4) is 0 Å². The molecule has 2 aromatic rings. The standard InChI is InChI=1S/C24H32N2O4/c1-5-18(3)25-24(28)20(6-2)26(16-19-12-8-7-9-13-19)23(27)17-30-22-15-11-10-14-21(22)29-4/h7-15,18,20H,5-6,16-17H2,1-4H3,(H,25,28)/t18-,20-/m1/s1. The van der Waals surface area contributed by atoms with Crippen LogP contribution in [-0.4, -0.2) is 42.5 Å². The molecular weight excluding hydrogens is 380 g/mol. The Bertz CT molecular complexity index is 810. The zero-order valence-electron chi connectivity index (χ0n) is 18.3. The van der Waals surface area contributed by atoms with Crippen molar-refractivity contribution in [2.75, 3.05) is 13.7 Å². The predicted molar refractivity (Wildman–Crippen MR) is 117 cm³/mol. The number of rotatable bonds is 11. The number of ether oxygens (including phenoxy) is 2. The number of hydrogen-bond donors (Lipinski definition) is 1. The van der Waals surface area contributed by atoms with Gasteiger partial charge in [-0.2, -0.15) is 0 Å². The lowest BCUT2D eigenvalue weighted by atomic mass is 10.1. The summed E-state index contributed by atoms with van der Waals surface area (Å²) in [7, 11) is 1.55. The number of para-hydroxylation sites is 2. The second-order valence-corrected chi connectivity index (χ2v) is 7.19. The summed E-state index contributed by atoms with van der Waals surface area (Å²) >= 11 is 0. The molecule has 0 aliphatic rings. The highest BCUT2D eigenvalue weighted by molar-refractivity contribution is 5.88. The summed E-state index contributed by atoms with van der Waals surface area (Å²) < 4.78 is 11.0. The number of nitrogens with zero attached hydrogens (tertiary/aromatic N) is 1. The van der Waals surface area contributed by atoms with Crippen molar-refractivity contribution in [1.29, 1.82) is 0 Å². The Hall–Kier alpha value is -3.02. The monoisotopic (exact) mass is 412 g/mol. The summed E-state index contributed by atoms with van der Waals surface area (Å²) in [6, 6.07) is 16.3. The van der Waals surface area contributed by atoms with Gasteiger partial charge in [-0.05, 0) is 37.5 Å². The molecule has 0 heterocycles. The maximum Gasteiger partial charge on any atom is 0.261 e. The highest BCUT2D eigenvalue weighted by atomic mass is 16.5. The van der Waals surface area contributed by atoms with Crippen molar-refractivity contribution in [3.8, 4) is 11.5 Å². The van der Waals surface area contributed by atoms with Crippen LogP contribution in [0.4, 0.5) is 0 Å². The molecule has 6 nitrogen and oxygen atoms in total. The summed E-state index contributed by atoms with van der Waals surface area (Å²) in [5.74, 6) is 0.649. The van der Waals surface area contributed by atoms with Gasteiger partial charge < -0.3 is 19.7 Å². The Balaban J connectivity index is 2.20. The molecule has 6 heteroatoms. The van der Waals surface area contributed by atoms with Crippen molar-refractivity contribution >= 4 is 11.8 Å². The smallest absolute Gasteiger partial charge is 0.261 e. The lowest BCUT2D eigenvalue weighted by Crippen LogP contribution is -2.51. The second kappa shape index (κ2) is 11.9. The lowest BCUT2D eigenvalue weighted by molar-refractivity contribution is -0.143. The van der Waals surface area contributed by atoms with Crippen molar-refractivity contribution in [1.82, 2.24) is 10.2 Å². The number of carbonyl (C=O) groups excluding carboxylic acids is 2. The van der Waals surface area contributed by atoms with Crippen molar-refractivity contribution in [3.63, 3.8) is 0 Å². The maximum atomic E-state index is 13.2. The average molecular weight is 413 g/mol. The van der Waals surface area contributed by atoms with Crippen molar-refractivity contribution in [3.05, 3.63) is 60.2 Å². The van der Waals surface area contributed by atoms with Crippen LogP contribution in [0.1, 0.15) is 39.2 Å². The fourth-order valence-electron chi connectivity index (χ4n) is 3.10. The van der Waals surface area contributed by atoms with Gasteiger partial charge in [-0.15, -0.1) is 0 Å². The first-order valence-electron chi connectivity index (χ1n) is 10.4. The summed E-state index contributed by atoms with van der Waals surface area (Å²) in [5.41, 5.74) is 0.956. The minimum Gasteiger partial charge on any atom is -0.493 e.